The number of unbranched alkanes of at least 4 members (excludes halogenated alkanes) is 1. The van der Waals surface area contributed by atoms with E-state index in [0.717, 1.165) is 47.3 Å². The summed E-state index contributed by atoms with van der Waals surface area (Å²) in [4.78, 5) is 0. The summed E-state index contributed by atoms with van der Waals surface area (Å²) in [6.45, 7) is 12.3. The van der Waals surface area contributed by atoms with Crippen molar-refractivity contribution in [3.8, 4) is 0 Å². The van der Waals surface area contributed by atoms with E-state index < -0.39 is 0 Å². The zero-order valence-electron chi connectivity index (χ0n) is 29.3. The first-order valence-corrected chi connectivity index (χ1v) is 20.1. The van der Waals surface area contributed by atoms with Crippen LogP contribution in [0.1, 0.15) is 189 Å². The Kier molecular flexibility index (Phi) is 15.1. The lowest BCUT2D eigenvalue weighted by atomic mass is 9.61. The van der Waals surface area contributed by atoms with Crippen LogP contribution in [-0.2, 0) is 0 Å². The molecule has 4 fully saturated rings. The normalized spacial score (nSPS) is 36.3. The van der Waals surface area contributed by atoms with Crippen molar-refractivity contribution in [1.29, 1.82) is 0 Å². The second kappa shape index (κ2) is 18.2. The molecule has 1 nitrogen and oxygen atoms in total. The summed E-state index contributed by atoms with van der Waals surface area (Å²) < 4.78 is 0. The van der Waals surface area contributed by atoms with Crippen LogP contribution in [0.15, 0.2) is 0 Å². The molecule has 1 N–H and O–H groups in total. The third kappa shape index (κ3) is 9.73. The van der Waals surface area contributed by atoms with Crippen molar-refractivity contribution >= 4 is 0 Å². The molecule has 1 heteroatoms. The smallest absolute Gasteiger partial charge is 0.0601 e. The summed E-state index contributed by atoms with van der Waals surface area (Å²) >= 11 is 0. The van der Waals surface area contributed by atoms with Gasteiger partial charge in [-0.05, 0) is 123 Å². The fourth-order valence-electron chi connectivity index (χ4n) is 11.4. The van der Waals surface area contributed by atoms with Gasteiger partial charge in [0, 0.05) is 0 Å². The average molecular weight is 585 g/mol. The van der Waals surface area contributed by atoms with Crippen molar-refractivity contribution in [2.75, 3.05) is 0 Å². The number of hydrogen-bond donors (Lipinski definition) is 1. The van der Waals surface area contributed by atoms with Gasteiger partial charge >= 0.3 is 0 Å². The Morgan fingerprint density at radius 3 is 2.00 bits per heavy atom. The van der Waals surface area contributed by atoms with Gasteiger partial charge in [-0.3, -0.25) is 0 Å². The van der Waals surface area contributed by atoms with Gasteiger partial charge in [-0.25, -0.2) is 0 Å². The SMILES string of the molecule is CCCCC(CC)C1CCC(C2CCC([C@@H](O)C3CCCCC3CC(CC)CCC(C)C3CCCCC3)C(C)C2)CC1. The molecule has 0 amide bonds. The molecule has 9 atom stereocenters. The van der Waals surface area contributed by atoms with Gasteiger partial charge in [0.25, 0.3) is 0 Å². The van der Waals surface area contributed by atoms with Crippen molar-refractivity contribution in [2.45, 2.75) is 195 Å². The largest absolute Gasteiger partial charge is 0.393 e. The molecule has 0 aromatic rings. The van der Waals surface area contributed by atoms with Crippen molar-refractivity contribution in [1.82, 2.24) is 0 Å². The number of hydrogen-bond acceptors (Lipinski definition) is 1. The van der Waals surface area contributed by atoms with E-state index in [1.54, 1.807) is 0 Å². The first kappa shape index (κ1) is 34.8. The summed E-state index contributed by atoms with van der Waals surface area (Å²) in [6, 6.07) is 0. The molecule has 0 aliphatic heterocycles. The predicted octanol–water partition coefficient (Wildman–Crippen LogP) is 12.6. The molecule has 8 unspecified atom stereocenters. The minimum Gasteiger partial charge on any atom is -0.393 e. The highest BCUT2D eigenvalue weighted by Gasteiger charge is 2.42. The lowest BCUT2D eigenvalue weighted by Gasteiger charge is -2.46. The minimum absolute atomic E-state index is 0.0375. The van der Waals surface area contributed by atoms with Crippen LogP contribution >= 0.6 is 0 Å². The van der Waals surface area contributed by atoms with E-state index in [0.29, 0.717) is 17.8 Å². The Bertz CT molecular complexity index is 702. The molecule has 42 heavy (non-hydrogen) atoms. The monoisotopic (exact) mass is 585 g/mol. The molecule has 4 rings (SSSR count). The van der Waals surface area contributed by atoms with Crippen LogP contribution in [0, 0.1) is 65.1 Å². The molecule has 0 radical (unpaired) electrons. The third-order valence-corrected chi connectivity index (χ3v) is 14.4. The Morgan fingerprint density at radius 1 is 0.643 bits per heavy atom. The quantitative estimate of drug-likeness (QED) is 0.203. The molecule has 4 saturated carbocycles. The summed E-state index contributed by atoms with van der Waals surface area (Å²) in [7, 11) is 0. The molecule has 4 aliphatic carbocycles. The van der Waals surface area contributed by atoms with Crippen LogP contribution in [0.2, 0.25) is 0 Å². The lowest BCUT2D eigenvalue weighted by molar-refractivity contribution is -0.0431. The highest BCUT2D eigenvalue weighted by molar-refractivity contribution is 4.92. The van der Waals surface area contributed by atoms with E-state index in [1.807, 2.05) is 0 Å². The maximum absolute atomic E-state index is 12.0. The van der Waals surface area contributed by atoms with Gasteiger partial charge in [0.15, 0.2) is 0 Å². The first-order valence-electron chi connectivity index (χ1n) is 20.1. The van der Waals surface area contributed by atoms with Crippen LogP contribution in [0.25, 0.3) is 0 Å². The van der Waals surface area contributed by atoms with Gasteiger partial charge in [-0.2, -0.15) is 0 Å². The zero-order chi connectivity index (χ0) is 29.9. The second-order valence-electron chi connectivity index (χ2n) is 16.9. The number of rotatable bonds is 15. The van der Waals surface area contributed by atoms with Crippen LogP contribution in [-0.4, -0.2) is 11.2 Å². The van der Waals surface area contributed by atoms with Crippen molar-refractivity contribution in [3.63, 3.8) is 0 Å². The van der Waals surface area contributed by atoms with Gasteiger partial charge in [-0.1, -0.05) is 131 Å². The van der Waals surface area contributed by atoms with E-state index in [2.05, 4.69) is 34.6 Å². The molecule has 246 valence electrons. The molecule has 0 aromatic heterocycles. The molecular formula is C41H76O. The Morgan fingerprint density at radius 2 is 1.33 bits per heavy atom. The van der Waals surface area contributed by atoms with Gasteiger partial charge in [0.1, 0.15) is 0 Å². The first-order chi connectivity index (χ1) is 20.4. The van der Waals surface area contributed by atoms with E-state index >= 15 is 0 Å². The maximum atomic E-state index is 12.0. The van der Waals surface area contributed by atoms with E-state index in [1.165, 1.54) is 154 Å². The Hall–Kier alpha value is -0.0400. The summed E-state index contributed by atoms with van der Waals surface area (Å²) in [5, 5.41) is 12.0. The van der Waals surface area contributed by atoms with Crippen LogP contribution in [0.4, 0.5) is 0 Å². The van der Waals surface area contributed by atoms with Crippen LogP contribution in [0.5, 0.6) is 0 Å². The van der Waals surface area contributed by atoms with Crippen molar-refractivity contribution in [2.24, 2.45) is 65.1 Å². The van der Waals surface area contributed by atoms with Gasteiger partial charge in [0.05, 0.1) is 6.10 Å². The summed E-state index contributed by atoms with van der Waals surface area (Å²) in [6.07, 6.45) is 34.3. The number of aliphatic hydroxyl groups is 1. The Balaban J connectivity index is 1.24. The molecule has 0 spiro atoms. The van der Waals surface area contributed by atoms with Gasteiger partial charge in [0.2, 0.25) is 0 Å². The molecule has 0 aromatic carbocycles. The van der Waals surface area contributed by atoms with Crippen LogP contribution in [0.3, 0.4) is 0 Å². The minimum atomic E-state index is -0.0375. The third-order valence-electron chi connectivity index (χ3n) is 14.4. The van der Waals surface area contributed by atoms with E-state index in [9.17, 15) is 5.11 Å². The van der Waals surface area contributed by atoms with Crippen LogP contribution < -0.4 is 0 Å². The second-order valence-corrected chi connectivity index (χ2v) is 16.9. The molecular weight excluding hydrogens is 508 g/mol. The fraction of sp³-hybridized carbons (Fsp3) is 1.00. The lowest BCUT2D eigenvalue weighted by Crippen LogP contribution is -2.42. The standard InChI is InChI=1S/C41H76O/c1-6-9-15-33(8-3)35-22-24-36(25-23-35)37-26-27-39(31(5)28-37)41(42)40-19-14-13-18-38(40)29-32(7-2)21-20-30(4)34-16-11-10-12-17-34/h30-42H,6-29H2,1-5H3/t30?,31?,32?,33?,35?,36?,37?,38?,39?,40?,41-/m1/s1. The Labute approximate surface area is 264 Å². The molecule has 4 aliphatic rings. The molecule has 0 saturated heterocycles. The topological polar surface area (TPSA) is 20.2 Å². The van der Waals surface area contributed by atoms with Gasteiger partial charge in [-0.15, -0.1) is 0 Å². The molecule has 0 heterocycles. The summed E-state index contributed by atoms with van der Waals surface area (Å²) in [5.74, 6) is 9.38. The molecule has 0 bridgehead atoms. The van der Waals surface area contributed by atoms with E-state index in [4.69, 9.17) is 0 Å². The van der Waals surface area contributed by atoms with Crippen molar-refractivity contribution < 1.29 is 5.11 Å². The maximum Gasteiger partial charge on any atom is 0.0601 e. The van der Waals surface area contributed by atoms with E-state index in [-0.39, 0.29) is 6.10 Å². The summed E-state index contributed by atoms with van der Waals surface area (Å²) in [5.41, 5.74) is 0. The fourth-order valence-corrected chi connectivity index (χ4v) is 11.4. The number of aliphatic hydroxyl groups excluding tert-OH is 1. The zero-order valence-corrected chi connectivity index (χ0v) is 29.3. The van der Waals surface area contributed by atoms with Crippen molar-refractivity contribution in [3.05, 3.63) is 0 Å². The highest BCUT2D eigenvalue weighted by Crippen LogP contribution is 2.49. The highest BCUT2D eigenvalue weighted by atomic mass is 16.3. The average Bonchev–Trinajstić information content (AvgIpc) is 3.03. The predicted molar refractivity (Wildman–Crippen MR) is 184 cm³/mol. The van der Waals surface area contributed by atoms with Gasteiger partial charge < -0.3 is 5.11 Å².